The Morgan fingerprint density at radius 2 is 2.11 bits per heavy atom. The molecular formula is C14H22N2O3. The molecule has 1 heterocycles. The Morgan fingerprint density at radius 3 is 2.74 bits per heavy atom. The Balaban J connectivity index is 1.46. The van der Waals surface area contributed by atoms with E-state index in [9.17, 15) is 14.7 Å². The van der Waals surface area contributed by atoms with Gasteiger partial charge in [0.2, 0.25) is 11.8 Å². The number of carbonyl (C=O) groups excluding carboxylic acids is 2. The lowest BCUT2D eigenvalue weighted by Crippen LogP contribution is -2.37. The minimum atomic E-state index is -0.270. The smallest absolute Gasteiger partial charge is 0.225 e. The molecule has 0 bridgehead atoms. The highest BCUT2D eigenvalue weighted by Gasteiger charge is 2.41. The van der Waals surface area contributed by atoms with Gasteiger partial charge in [0.1, 0.15) is 0 Å². The van der Waals surface area contributed by atoms with Crippen LogP contribution >= 0.6 is 0 Å². The van der Waals surface area contributed by atoms with Gasteiger partial charge in [-0.05, 0) is 25.7 Å². The summed E-state index contributed by atoms with van der Waals surface area (Å²) in [6.45, 7) is 1.14. The maximum absolute atomic E-state index is 12.1. The summed E-state index contributed by atoms with van der Waals surface area (Å²) in [5.41, 5.74) is 0. The third-order valence-electron chi connectivity index (χ3n) is 4.67. The molecular weight excluding hydrogens is 244 g/mol. The lowest BCUT2D eigenvalue weighted by molar-refractivity contribution is -0.129. The van der Waals surface area contributed by atoms with Crippen LogP contribution in [-0.2, 0) is 9.59 Å². The molecule has 19 heavy (non-hydrogen) atoms. The Kier molecular flexibility index (Phi) is 3.48. The van der Waals surface area contributed by atoms with Crippen LogP contribution in [0, 0.1) is 11.8 Å². The maximum Gasteiger partial charge on any atom is 0.225 e. The van der Waals surface area contributed by atoms with Crippen molar-refractivity contribution in [1.82, 2.24) is 10.2 Å². The Bertz CT molecular complexity index is 381. The molecule has 0 aromatic rings. The van der Waals surface area contributed by atoms with E-state index in [1.807, 2.05) is 4.90 Å². The largest absolute Gasteiger partial charge is 0.393 e. The first-order valence-electron chi connectivity index (χ1n) is 7.40. The van der Waals surface area contributed by atoms with Gasteiger partial charge in [0.15, 0.2) is 0 Å². The van der Waals surface area contributed by atoms with Gasteiger partial charge >= 0.3 is 0 Å². The van der Waals surface area contributed by atoms with Crippen LogP contribution in [0.25, 0.3) is 0 Å². The van der Waals surface area contributed by atoms with Crippen molar-refractivity contribution in [2.75, 3.05) is 13.1 Å². The third-order valence-corrected chi connectivity index (χ3v) is 4.67. The number of nitrogens with zero attached hydrogens (tertiary/aromatic N) is 1. The Morgan fingerprint density at radius 1 is 1.32 bits per heavy atom. The molecule has 3 atom stereocenters. The second-order valence-electron chi connectivity index (χ2n) is 6.18. The molecule has 2 N–H and O–H groups in total. The van der Waals surface area contributed by atoms with Gasteiger partial charge in [-0.2, -0.15) is 0 Å². The van der Waals surface area contributed by atoms with Crippen molar-refractivity contribution >= 4 is 11.8 Å². The molecule has 5 heteroatoms. The van der Waals surface area contributed by atoms with Crippen LogP contribution in [0.3, 0.4) is 0 Å². The minimum Gasteiger partial charge on any atom is -0.393 e. The zero-order chi connectivity index (χ0) is 13.4. The number of aliphatic hydroxyl groups is 1. The Hall–Kier alpha value is -1.10. The van der Waals surface area contributed by atoms with E-state index < -0.39 is 0 Å². The number of aliphatic hydroxyl groups excluding tert-OH is 1. The summed E-state index contributed by atoms with van der Waals surface area (Å²) in [4.78, 5) is 25.7. The summed E-state index contributed by atoms with van der Waals surface area (Å²) in [5, 5.41) is 12.6. The van der Waals surface area contributed by atoms with Gasteiger partial charge in [-0.25, -0.2) is 0 Å². The molecule has 3 aliphatic rings. The van der Waals surface area contributed by atoms with E-state index in [0.29, 0.717) is 25.6 Å². The Labute approximate surface area is 113 Å². The molecule has 0 spiro atoms. The van der Waals surface area contributed by atoms with Crippen molar-refractivity contribution in [3.05, 3.63) is 0 Å². The fourth-order valence-corrected chi connectivity index (χ4v) is 3.28. The van der Waals surface area contributed by atoms with Crippen molar-refractivity contribution in [1.29, 1.82) is 0 Å². The van der Waals surface area contributed by atoms with E-state index in [0.717, 1.165) is 32.1 Å². The molecule has 106 valence electrons. The summed E-state index contributed by atoms with van der Waals surface area (Å²) >= 11 is 0. The predicted molar refractivity (Wildman–Crippen MR) is 69.2 cm³/mol. The van der Waals surface area contributed by atoms with Gasteiger partial charge in [-0.15, -0.1) is 0 Å². The molecule has 1 aliphatic heterocycles. The lowest BCUT2D eigenvalue weighted by Gasteiger charge is -2.18. The van der Waals surface area contributed by atoms with Gasteiger partial charge in [0.05, 0.1) is 12.0 Å². The summed E-state index contributed by atoms with van der Waals surface area (Å²) in [6, 6.07) is 0.405. The topological polar surface area (TPSA) is 69.6 Å². The van der Waals surface area contributed by atoms with Crippen LogP contribution < -0.4 is 5.32 Å². The van der Waals surface area contributed by atoms with Gasteiger partial charge < -0.3 is 15.3 Å². The zero-order valence-electron chi connectivity index (χ0n) is 11.2. The number of rotatable bonds is 4. The monoisotopic (exact) mass is 266 g/mol. The van der Waals surface area contributed by atoms with Crippen LogP contribution in [0.4, 0.5) is 0 Å². The summed E-state index contributed by atoms with van der Waals surface area (Å²) in [5.74, 6) is 0.117. The van der Waals surface area contributed by atoms with Crippen LogP contribution in [0.1, 0.15) is 38.5 Å². The fourth-order valence-electron chi connectivity index (χ4n) is 3.28. The van der Waals surface area contributed by atoms with Crippen LogP contribution in [0.15, 0.2) is 0 Å². The minimum absolute atomic E-state index is 0.0180. The van der Waals surface area contributed by atoms with Crippen molar-refractivity contribution in [2.45, 2.75) is 50.7 Å². The SMILES string of the molecule is O=C(NCC1CCCC1O)C1CC(=O)N(C2CC2)C1. The average molecular weight is 266 g/mol. The van der Waals surface area contributed by atoms with Crippen LogP contribution in [0.5, 0.6) is 0 Å². The molecule has 0 radical (unpaired) electrons. The quantitative estimate of drug-likeness (QED) is 0.767. The molecule has 2 aliphatic carbocycles. The van der Waals surface area contributed by atoms with E-state index in [2.05, 4.69) is 5.32 Å². The molecule has 2 amide bonds. The molecule has 0 aromatic heterocycles. The second kappa shape index (κ2) is 5.12. The number of amides is 2. The number of likely N-dealkylation sites (tertiary alicyclic amines) is 1. The average Bonchev–Trinajstić information content (AvgIpc) is 3.04. The number of carbonyl (C=O) groups is 2. The van der Waals surface area contributed by atoms with Crippen LogP contribution in [0.2, 0.25) is 0 Å². The first kappa shape index (κ1) is 12.9. The van der Waals surface area contributed by atoms with Crippen molar-refractivity contribution < 1.29 is 14.7 Å². The van der Waals surface area contributed by atoms with Crippen molar-refractivity contribution in [2.24, 2.45) is 11.8 Å². The van der Waals surface area contributed by atoms with E-state index in [-0.39, 0.29) is 29.8 Å². The van der Waals surface area contributed by atoms with E-state index in [4.69, 9.17) is 0 Å². The molecule has 2 saturated carbocycles. The van der Waals surface area contributed by atoms with Crippen LogP contribution in [-0.4, -0.2) is 47.1 Å². The summed E-state index contributed by atoms with van der Waals surface area (Å²) in [6.07, 6.45) is 5.14. The summed E-state index contributed by atoms with van der Waals surface area (Å²) < 4.78 is 0. The lowest BCUT2D eigenvalue weighted by atomic mass is 10.0. The second-order valence-corrected chi connectivity index (χ2v) is 6.18. The first-order chi connectivity index (χ1) is 9.15. The summed E-state index contributed by atoms with van der Waals surface area (Å²) in [7, 11) is 0. The van der Waals surface area contributed by atoms with Gasteiger partial charge in [-0.1, -0.05) is 6.42 Å². The normalized spacial score (nSPS) is 34.9. The first-order valence-corrected chi connectivity index (χ1v) is 7.40. The van der Waals surface area contributed by atoms with E-state index in [1.165, 1.54) is 0 Å². The van der Waals surface area contributed by atoms with Gasteiger partial charge in [0.25, 0.3) is 0 Å². The highest BCUT2D eigenvalue weighted by atomic mass is 16.3. The number of nitrogens with one attached hydrogen (secondary N) is 1. The van der Waals surface area contributed by atoms with Crippen molar-refractivity contribution in [3.63, 3.8) is 0 Å². The molecule has 3 unspecified atom stereocenters. The van der Waals surface area contributed by atoms with Gasteiger partial charge in [0, 0.05) is 31.5 Å². The highest BCUT2D eigenvalue weighted by Crippen LogP contribution is 2.32. The van der Waals surface area contributed by atoms with Crippen molar-refractivity contribution in [3.8, 4) is 0 Å². The highest BCUT2D eigenvalue weighted by molar-refractivity contribution is 5.89. The predicted octanol–water partition coefficient (Wildman–Crippen LogP) is 0.274. The standard InChI is InChI=1S/C14H22N2O3/c17-12-3-1-2-9(12)7-15-14(19)10-6-13(18)16(8-10)11-4-5-11/h9-12,17H,1-8H2,(H,15,19). The van der Waals surface area contributed by atoms with Gasteiger partial charge in [-0.3, -0.25) is 9.59 Å². The molecule has 5 nitrogen and oxygen atoms in total. The third kappa shape index (κ3) is 2.76. The zero-order valence-corrected chi connectivity index (χ0v) is 11.2. The maximum atomic E-state index is 12.1. The molecule has 1 saturated heterocycles. The molecule has 3 rings (SSSR count). The van der Waals surface area contributed by atoms with E-state index >= 15 is 0 Å². The fraction of sp³-hybridized carbons (Fsp3) is 0.857. The van der Waals surface area contributed by atoms with E-state index in [1.54, 1.807) is 0 Å². The molecule has 0 aromatic carbocycles. The number of hydrogen-bond donors (Lipinski definition) is 2. The number of hydrogen-bond acceptors (Lipinski definition) is 3. The molecule has 3 fully saturated rings.